The van der Waals surface area contributed by atoms with Crippen LogP contribution in [0.5, 0.6) is 17.2 Å². The van der Waals surface area contributed by atoms with Gasteiger partial charge >= 0.3 is 0 Å². The Morgan fingerprint density at radius 1 is 0.487 bits per heavy atom. The van der Waals surface area contributed by atoms with Crippen molar-refractivity contribution < 1.29 is 9.47 Å². The van der Waals surface area contributed by atoms with Gasteiger partial charge in [-0.15, -0.1) is 0 Å². The number of fused-ring (bicyclic) bond motifs is 5. The number of rotatable bonds is 13. The van der Waals surface area contributed by atoms with E-state index in [1.807, 2.05) is 60.7 Å². The highest BCUT2D eigenvalue weighted by molar-refractivity contribution is 5.90. The molecule has 0 amide bonds. The molecule has 1 aliphatic carbocycles. The monoisotopic (exact) mass is 981 g/mol. The second-order valence-corrected chi connectivity index (χ2v) is 19.1. The maximum atomic E-state index is 6.47. The molecule has 0 radical (unpaired) electrons. The average molecular weight is 982 g/mol. The van der Waals surface area contributed by atoms with E-state index in [1.54, 1.807) is 12.3 Å². The average Bonchev–Trinajstić information content (AvgIpc) is 3.48. The van der Waals surface area contributed by atoms with E-state index < -0.39 is 0 Å². The third kappa shape index (κ3) is 9.85. The lowest BCUT2D eigenvalue weighted by Gasteiger charge is -2.32. The molecule has 1 heterocycles. The lowest BCUT2D eigenvalue weighted by Crippen LogP contribution is -2.28. The number of nitrogens with zero attached hydrogens (tertiary/aromatic N) is 2. The Morgan fingerprint density at radius 2 is 1.01 bits per heavy atom. The van der Waals surface area contributed by atoms with Crippen molar-refractivity contribution in [2.24, 2.45) is 0 Å². The first-order valence-corrected chi connectivity index (χ1v) is 25.8. The van der Waals surface area contributed by atoms with Gasteiger partial charge < -0.3 is 24.6 Å². The summed E-state index contributed by atoms with van der Waals surface area (Å²) < 4.78 is 12.4. The van der Waals surface area contributed by atoms with Crippen molar-refractivity contribution in [3.05, 3.63) is 303 Å². The van der Waals surface area contributed by atoms with E-state index in [2.05, 4.69) is 241 Å². The molecular formula is C71H55N3O2. The lowest BCUT2D eigenvalue weighted by molar-refractivity contribution is 0.467. The van der Waals surface area contributed by atoms with Crippen molar-refractivity contribution in [2.75, 3.05) is 22.2 Å². The van der Waals surface area contributed by atoms with Crippen LogP contribution in [0.4, 0.5) is 34.1 Å². The van der Waals surface area contributed by atoms with Crippen LogP contribution in [0.25, 0.3) is 49.7 Å². The molecule has 1 aliphatic heterocycles. The molecule has 0 fully saturated rings. The molecule has 5 heteroatoms. The molecule has 1 N–H and O–H groups in total. The third-order valence-electron chi connectivity index (χ3n) is 14.4. The highest BCUT2D eigenvalue weighted by Gasteiger charge is 2.29. The van der Waals surface area contributed by atoms with Crippen LogP contribution >= 0.6 is 0 Å². The second-order valence-electron chi connectivity index (χ2n) is 19.1. The number of allylic oxidation sites excluding steroid dienone is 6. The normalized spacial score (nSPS) is 14.6. The van der Waals surface area contributed by atoms with Crippen LogP contribution in [0.1, 0.15) is 17.0 Å². The minimum atomic E-state index is 0.0961. The fraction of sp³-hybridized carbons (Fsp3) is 0.0423. The van der Waals surface area contributed by atoms with Gasteiger partial charge in [0.05, 0.1) is 23.7 Å². The molecule has 366 valence electrons. The summed E-state index contributed by atoms with van der Waals surface area (Å²) in [5.74, 6) is 2.61. The smallest absolute Gasteiger partial charge is 0.150 e. The summed E-state index contributed by atoms with van der Waals surface area (Å²) in [6.07, 6.45) is 15.9. The van der Waals surface area contributed by atoms with Gasteiger partial charge in [0, 0.05) is 41.3 Å². The zero-order chi connectivity index (χ0) is 51.2. The van der Waals surface area contributed by atoms with Gasteiger partial charge in [-0.05, 0) is 140 Å². The van der Waals surface area contributed by atoms with Gasteiger partial charge in [0.1, 0.15) is 11.5 Å². The topological polar surface area (TPSA) is 37.0 Å². The first-order chi connectivity index (χ1) is 37.5. The Balaban J connectivity index is 0.764. The van der Waals surface area contributed by atoms with E-state index in [1.165, 1.54) is 33.0 Å². The van der Waals surface area contributed by atoms with Crippen molar-refractivity contribution in [3.63, 3.8) is 0 Å². The summed E-state index contributed by atoms with van der Waals surface area (Å²) >= 11 is 0. The summed E-state index contributed by atoms with van der Waals surface area (Å²) in [5, 5.41) is 6.16. The van der Waals surface area contributed by atoms with Crippen molar-refractivity contribution in [3.8, 4) is 50.6 Å². The molecule has 0 aromatic heterocycles. The third-order valence-corrected chi connectivity index (χ3v) is 14.4. The molecule has 10 aromatic rings. The molecule has 0 saturated carbocycles. The Labute approximate surface area is 445 Å². The Hall–Kier alpha value is -9.84. The Kier molecular flexibility index (Phi) is 13.2. The van der Waals surface area contributed by atoms with Crippen LogP contribution in [0.2, 0.25) is 0 Å². The predicted molar refractivity (Wildman–Crippen MR) is 319 cm³/mol. The molecule has 0 bridgehead atoms. The van der Waals surface area contributed by atoms with Crippen LogP contribution < -0.4 is 24.6 Å². The first-order valence-electron chi connectivity index (χ1n) is 25.8. The SMILES string of the molecule is C=C/C=C\C=C/Oc1ccccc1N(C)c1ccc(-c2ccc(-c3ccc(N(c4ccc(-c5ccc(C6=CC7c8ccccc8Oc8ccccc8NC7C=C6)cc5)cc4)c4ccc5ccccc5c4)cc3)cc2)cc1. The summed E-state index contributed by atoms with van der Waals surface area (Å²) in [4.78, 5) is 4.49. The highest BCUT2D eigenvalue weighted by atomic mass is 16.5. The zero-order valence-electron chi connectivity index (χ0n) is 42.2. The van der Waals surface area contributed by atoms with Crippen LogP contribution in [-0.2, 0) is 0 Å². The number of nitrogens with one attached hydrogen (secondary N) is 1. The van der Waals surface area contributed by atoms with Gasteiger partial charge in [0.2, 0.25) is 0 Å². The maximum absolute atomic E-state index is 6.47. The first kappa shape index (κ1) is 47.2. The molecule has 0 spiro atoms. The van der Waals surface area contributed by atoms with Gasteiger partial charge in [-0.2, -0.15) is 0 Å². The number of hydrogen-bond acceptors (Lipinski definition) is 5. The van der Waals surface area contributed by atoms with E-state index in [0.29, 0.717) is 0 Å². The van der Waals surface area contributed by atoms with Crippen LogP contribution in [0, 0.1) is 0 Å². The van der Waals surface area contributed by atoms with Crippen LogP contribution in [0.3, 0.4) is 0 Å². The van der Waals surface area contributed by atoms with E-state index in [9.17, 15) is 0 Å². The highest BCUT2D eigenvalue weighted by Crippen LogP contribution is 2.44. The van der Waals surface area contributed by atoms with Crippen molar-refractivity contribution in [1.29, 1.82) is 0 Å². The standard InChI is InChI=1S/C71H55N3O2/c1-3-4-5-14-47-75-71-22-13-10-19-68(71)73(2)60-39-31-54(32-40-60)51-23-25-52(26-24-51)55-33-41-61(42-34-55)74(63-45-37-50-15-6-7-16-58(50)48-63)62-43-35-56(36-44-62)53-27-29-57(30-28-53)59-38-46-66-65(49-59)64-17-8-11-20-69(64)76-70-21-12-9-18-67(70)72-66/h3-49,65-66,72H,1H2,2H3/b5-4-,47-14-. The quantitative estimate of drug-likeness (QED) is 0.0920. The number of benzene rings is 10. The zero-order valence-corrected chi connectivity index (χ0v) is 42.2. The van der Waals surface area contributed by atoms with Crippen molar-refractivity contribution >= 4 is 50.5 Å². The fourth-order valence-electron chi connectivity index (χ4n) is 10.3. The van der Waals surface area contributed by atoms with Gasteiger partial charge in [0.15, 0.2) is 5.75 Å². The second kappa shape index (κ2) is 21.3. The Morgan fingerprint density at radius 3 is 1.67 bits per heavy atom. The number of ether oxygens (including phenoxy) is 2. The molecule has 5 nitrogen and oxygen atoms in total. The van der Waals surface area contributed by atoms with Crippen molar-refractivity contribution in [1.82, 2.24) is 0 Å². The van der Waals surface area contributed by atoms with Crippen molar-refractivity contribution in [2.45, 2.75) is 12.0 Å². The number of para-hydroxylation sites is 5. The van der Waals surface area contributed by atoms with Crippen LogP contribution in [0.15, 0.2) is 292 Å². The van der Waals surface area contributed by atoms with Crippen LogP contribution in [-0.4, -0.2) is 13.1 Å². The van der Waals surface area contributed by atoms with Gasteiger partial charge in [0.25, 0.3) is 0 Å². The predicted octanol–water partition coefficient (Wildman–Crippen LogP) is 19.0. The molecule has 10 aromatic carbocycles. The fourth-order valence-corrected chi connectivity index (χ4v) is 10.3. The lowest BCUT2D eigenvalue weighted by atomic mass is 9.83. The molecule has 2 atom stereocenters. The molecule has 0 saturated heterocycles. The van der Waals surface area contributed by atoms with Gasteiger partial charge in [-0.25, -0.2) is 0 Å². The van der Waals surface area contributed by atoms with E-state index in [4.69, 9.17) is 9.47 Å². The Bertz CT molecular complexity index is 3810. The minimum Gasteiger partial charge on any atom is -0.463 e. The van der Waals surface area contributed by atoms with Gasteiger partial charge in [-0.3, -0.25) is 0 Å². The summed E-state index contributed by atoms with van der Waals surface area (Å²) in [6.45, 7) is 3.71. The largest absolute Gasteiger partial charge is 0.463 e. The number of hydrogen-bond donors (Lipinski definition) is 1. The summed E-state index contributed by atoms with van der Waals surface area (Å²) in [7, 11) is 2.06. The van der Waals surface area contributed by atoms with E-state index >= 15 is 0 Å². The van der Waals surface area contributed by atoms with E-state index in [0.717, 1.165) is 79.2 Å². The van der Waals surface area contributed by atoms with E-state index in [-0.39, 0.29) is 12.0 Å². The molecule has 76 heavy (non-hydrogen) atoms. The van der Waals surface area contributed by atoms with Gasteiger partial charge in [-0.1, -0.05) is 201 Å². The number of anilines is 6. The summed E-state index contributed by atoms with van der Waals surface area (Å²) in [6, 6.07) is 84.3. The maximum Gasteiger partial charge on any atom is 0.150 e. The molecule has 12 rings (SSSR count). The molecule has 2 aliphatic rings. The minimum absolute atomic E-state index is 0.0961. The molecular weight excluding hydrogens is 927 g/mol. The summed E-state index contributed by atoms with van der Waals surface area (Å²) in [5.41, 5.74) is 16.8. The molecule has 2 unspecified atom stereocenters.